The fraction of sp³-hybridized carbons (Fsp3) is 0.0833. The van der Waals surface area contributed by atoms with Crippen molar-refractivity contribution in [3.63, 3.8) is 0 Å². The van der Waals surface area contributed by atoms with E-state index in [0.29, 0.717) is 5.69 Å². The van der Waals surface area contributed by atoms with Gasteiger partial charge in [-0.3, -0.25) is 4.98 Å². The fourth-order valence-corrected chi connectivity index (χ4v) is 1.34. The van der Waals surface area contributed by atoms with E-state index in [1.807, 2.05) is 18.2 Å². The van der Waals surface area contributed by atoms with E-state index in [9.17, 15) is 4.79 Å². The first kappa shape index (κ1) is 10.3. The molecule has 0 fully saturated rings. The maximum atomic E-state index is 11.3. The first-order chi connectivity index (χ1) is 7.81. The van der Waals surface area contributed by atoms with Crippen LogP contribution in [0.1, 0.15) is 10.5 Å². The molecule has 0 saturated carbocycles. The van der Waals surface area contributed by atoms with Gasteiger partial charge in [-0.1, -0.05) is 6.07 Å². The molecule has 0 saturated heterocycles. The van der Waals surface area contributed by atoms with Crippen molar-refractivity contribution in [1.29, 1.82) is 0 Å². The van der Waals surface area contributed by atoms with Crippen molar-refractivity contribution in [3.05, 3.63) is 48.4 Å². The summed E-state index contributed by atoms with van der Waals surface area (Å²) >= 11 is 0. The minimum absolute atomic E-state index is 0.303. The fourth-order valence-electron chi connectivity index (χ4n) is 1.34. The molecular formula is C12H10N2O2. The lowest BCUT2D eigenvalue weighted by atomic mass is 10.2. The Morgan fingerprint density at radius 3 is 2.62 bits per heavy atom. The lowest BCUT2D eigenvalue weighted by Gasteiger charge is -2.02. The first-order valence-electron chi connectivity index (χ1n) is 4.77. The van der Waals surface area contributed by atoms with Gasteiger partial charge in [0.1, 0.15) is 5.69 Å². The molecule has 2 rings (SSSR count). The Labute approximate surface area is 92.9 Å². The van der Waals surface area contributed by atoms with Crippen molar-refractivity contribution < 1.29 is 9.53 Å². The summed E-state index contributed by atoms with van der Waals surface area (Å²) in [7, 11) is 1.34. The second-order valence-electron chi connectivity index (χ2n) is 3.14. The van der Waals surface area contributed by atoms with Crippen LogP contribution in [-0.4, -0.2) is 23.0 Å². The van der Waals surface area contributed by atoms with Crippen molar-refractivity contribution in [3.8, 4) is 11.3 Å². The highest BCUT2D eigenvalue weighted by Gasteiger charge is 2.07. The van der Waals surface area contributed by atoms with Gasteiger partial charge in [0, 0.05) is 18.0 Å². The molecule has 2 aromatic heterocycles. The van der Waals surface area contributed by atoms with Gasteiger partial charge in [-0.2, -0.15) is 0 Å². The third-order valence-corrected chi connectivity index (χ3v) is 2.12. The maximum absolute atomic E-state index is 11.3. The van der Waals surface area contributed by atoms with Crippen molar-refractivity contribution in [1.82, 2.24) is 9.97 Å². The number of nitrogens with zero attached hydrogens (tertiary/aromatic N) is 2. The molecular weight excluding hydrogens is 204 g/mol. The summed E-state index contributed by atoms with van der Waals surface area (Å²) in [5.74, 6) is -0.434. The molecule has 4 heteroatoms. The van der Waals surface area contributed by atoms with Crippen LogP contribution in [0.2, 0.25) is 0 Å². The number of hydrogen-bond acceptors (Lipinski definition) is 4. The van der Waals surface area contributed by atoms with Crippen LogP contribution in [0.5, 0.6) is 0 Å². The molecule has 16 heavy (non-hydrogen) atoms. The van der Waals surface area contributed by atoms with E-state index in [2.05, 4.69) is 14.7 Å². The largest absolute Gasteiger partial charge is 0.464 e. The van der Waals surface area contributed by atoms with E-state index in [1.165, 1.54) is 7.11 Å². The summed E-state index contributed by atoms with van der Waals surface area (Å²) < 4.78 is 4.61. The van der Waals surface area contributed by atoms with Crippen LogP contribution in [0.3, 0.4) is 0 Å². The molecule has 0 aliphatic heterocycles. The van der Waals surface area contributed by atoms with Crippen LogP contribution < -0.4 is 0 Å². The molecule has 0 spiro atoms. The zero-order chi connectivity index (χ0) is 11.4. The molecule has 80 valence electrons. The molecule has 0 atom stereocenters. The minimum atomic E-state index is -0.434. The number of rotatable bonds is 2. The summed E-state index contributed by atoms with van der Waals surface area (Å²) in [5.41, 5.74) is 1.95. The van der Waals surface area contributed by atoms with Crippen LogP contribution in [0, 0.1) is 0 Å². The van der Waals surface area contributed by atoms with Gasteiger partial charge in [0.2, 0.25) is 0 Å². The standard InChI is InChI=1S/C12H10N2O2/c1-16-12(15)11-4-2-3-10(14-11)9-5-7-13-8-6-9/h2-8H,1H3. The molecule has 4 nitrogen and oxygen atoms in total. The molecule has 2 aromatic rings. The summed E-state index contributed by atoms with van der Waals surface area (Å²) in [4.78, 5) is 19.4. The second kappa shape index (κ2) is 4.53. The molecule has 0 radical (unpaired) electrons. The van der Waals surface area contributed by atoms with E-state index in [-0.39, 0.29) is 0 Å². The normalized spacial score (nSPS) is 9.81. The smallest absolute Gasteiger partial charge is 0.356 e. The van der Waals surface area contributed by atoms with E-state index in [1.54, 1.807) is 24.5 Å². The molecule has 0 N–H and O–H groups in total. The number of methoxy groups -OCH3 is 1. The summed E-state index contributed by atoms with van der Waals surface area (Å²) in [6.07, 6.45) is 3.36. The number of aromatic nitrogens is 2. The third kappa shape index (κ3) is 2.06. The zero-order valence-electron chi connectivity index (χ0n) is 8.75. The van der Waals surface area contributed by atoms with Crippen molar-refractivity contribution >= 4 is 5.97 Å². The van der Waals surface area contributed by atoms with Crippen LogP contribution in [0.25, 0.3) is 11.3 Å². The average molecular weight is 214 g/mol. The Kier molecular flexibility index (Phi) is 2.91. The highest BCUT2D eigenvalue weighted by molar-refractivity contribution is 5.87. The molecule has 0 aliphatic carbocycles. The number of carbonyl (C=O) groups excluding carboxylic acids is 1. The SMILES string of the molecule is COC(=O)c1cccc(-c2ccncc2)n1. The van der Waals surface area contributed by atoms with Gasteiger partial charge in [0.15, 0.2) is 0 Å². The second-order valence-corrected chi connectivity index (χ2v) is 3.14. The molecule has 0 amide bonds. The minimum Gasteiger partial charge on any atom is -0.464 e. The van der Waals surface area contributed by atoms with Gasteiger partial charge < -0.3 is 4.74 Å². The van der Waals surface area contributed by atoms with Gasteiger partial charge in [-0.15, -0.1) is 0 Å². The zero-order valence-corrected chi connectivity index (χ0v) is 8.75. The predicted octanol–water partition coefficient (Wildman–Crippen LogP) is 1.93. The van der Waals surface area contributed by atoms with Gasteiger partial charge in [-0.25, -0.2) is 9.78 Å². The van der Waals surface area contributed by atoms with Gasteiger partial charge in [0.05, 0.1) is 12.8 Å². The van der Waals surface area contributed by atoms with Crippen molar-refractivity contribution in [2.24, 2.45) is 0 Å². The van der Waals surface area contributed by atoms with Crippen molar-refractivity contribution in [2.75, 3.05) is 7.11 Å². The molecule has 0 bridgehead atoms. The number of pyridine rings is 2. The Morgan fingerprint density at radius 2 is 1.94 bits per heavy atom. The van der Waals surface area contributed by atoms with Crippen molar-refractivity contribution in [2.45, 2.75) is 0 Å². The summed E-state index contributed by atoms with van der Waals surface area (Å²) in [6.45, 7) is 0. The van der Waals surface area contributed by atoms with Gasteiger partial charge in [0.25, 0.3) is 0 Å². The lowest BCUT2D eigenvalue weighted by Crippen LogP contribution is -2.04. The number of hydrogen-bond donors (Lipinski definition) is 0. The lowest BCUT2D eigenvalue weighted by molar-refractivity contribution is 0.0594. The number of ether oxygens (including phenoxy) is 1. The average Bonchev–Trinajstić information content (AvgIpc) is 2.39. The molecule has 2 heterocycles. The van der Waals surface area contributed by atoms with Crippen LogP contribution >= 0.6 is 0 Å². The summed E-state index contributed by atoms with van der Waals surface area (Å²) in [5, 5.41) is 0. The topological polar surface area (TPSA) is 52.1 Å². The van der Waals surface area contributed by atoms with E-state index >= 15 is 0 Å². The molecule has 0 aliphatic rings. The monoisotopic (exact) mass is 214 g/mol. The Bertz CT molecular complexity index is 497. The molecule has 0 unspecified atom stereocenters. The van der Waals surface area contributed by atoms with Crippen LogP contribution in [0.4, 0.5) is 0 Å². The quantitative estimate of drug-likeness (QED) is 0.717. The van der Waals surface area contributed by atoms with E-state index in [4.69, 9.17) is 0 Å². The first-order valence-corrected chi connectivity index (χ1v) is 4.77. The number of esters is 1. The Balaban J connectivity index is 2.40. The van der Waals surface area contributed by atoms with E-state index in [0.717, 1.165) is 11.3 Å². The van der Waals surface area contributed by atoms with Crippen LogP contribution in [-0.2, 0) is 4.74 Å². The highest BCUT2D eigenvalue weighted by Crippen LogP contribution is 2.15. The third-order valence-electron chi connectivity index (χ3n) is 2.12. The van der Waals surface area contributed by atoms with Crippen LogP contribution in [0.15, 0.2) is 42.7 Å². The molecule has 0 aromatic carbocycles. The van der Waals surface area contributed by atoms with E-state index < -0.39 is 5.97 Å². The van der Waals surface area contributed by atoms with Gasteiger partial charge >= 0.3 is 5.97 Å². The predicted molar refractivity (Wildman–Crippen MR) is 58.8 cm³/mol. The highest BCUT2D eigenvalue weighted by atomic mass is 16.5. The Hall–Kier alpha value is -2.23. The Morgan fingerprint density at radius 1 is 1.19 bits per heavy atom. The number of carbonyl (C=O) groups is 1. The van der Waals surface area contributed by atoms with Gasteiger partial charge in [-0.05, 0) is 24.3 Å². The summed E-state index contributed by atoms with van der Waals surface area (Å²) in [6, 6.07) is 8.90. The maximum Gasteiger partial charge on any atom is 0.356 e.